The van der Waals surface area contributed by atoms with E-state index in [-0.39, 0.29) is 17.6 Å². The Morgan fingerprint density at radius 3 is 2.90 bits per heavy atom. The Hall–Kier alpha value is -1.95. The maximum atomic E-state index is 13.5. The Bertz CT molecular complexity index is 585. The first kappa shape index (κ1) is 15.4. The van der Waals surface area contributed by atoms with Gasteiger partial charge in [-0.2, -0.15) is 5.10 Å². The predicted octanol–water partition coefficient (Wildman–Crippen LogP) is 2.34. The summed E-state index contributed by atoms with van der Waals surface area (Å²) >= 11 is 0. The van der Waals surface area contributed by atoms with E-state index in [1.54, 1.807) is 18.5 Å². The van der Waals surface area contributed by atoms with E-state index in [0.29, 0.717) is 6.42 Å². The van der Waals surface area contributed by atoms with Gasteiger partial charge in [-0.05, 0) is 31.2 Å². The standard InChI is InChI=1S/C15H21FN4O/c1-4-7-20-15(18-10-19-20)9-13(17-2)11-5-6-12(16)14(8-11)21-3/h5-6,8,10,13,17H,4,7,9H2,1-3H3. The quantitative estimate of drug-likeness (QED) is 0.851. The van der Waals surface area contributed by atoms with Crippen LogP contribution in [0.5, 0.6) is 5.75 Å². The third kappa shape index (κ3) is 3.58. The summed E-state index contributed by atoms with van der Waals surface area (Å²) < 4.78 is 20.5. The van der Waals surface area contributed by atoms with Gasteiger partial charge in [-0.15, -0.1) is 0 Å². The Morgan fingerprint density at radius 2 is 2.24 bits per heavy atom. The highest BCUT2D eigenvalue weighted by molar-refractivity contribution is 5.32. The summed E-state index contributed by atoms with van der Waals surface area (Å²) in [5.74, 6) is 0.813. The van der Waals surface area contributed by atoms with Crippen LogP contribution < -0.4 is 10.1 Å². The van der Waals surface area contributed by atoms with Crippen molar-refractivity contribution >= 4 is 0 Å². The molecule has 1 atom stereocenters. The number of benzene rings is 1. The molecule has 2 aromatic rings. The van der Waals surface area contributed by atoms with E-state index in [4.69, 9.17) is 4.74 Å². The first-order valence-corrected chi connectivity index (χ1v) is 7.07. The van der Waals surface area contributed by atoms with E-state index in [1.807, 2.05) is 11.7 Å². The first-order chi connectivity index (χ1) is 10.2. The SMILES string of the molecule is CCCn1ncnc1CC(NC)c1ccc(F)c(OC)c1. The van der Waals surface area contributed by atoms with Crippen LogP contribution in [0.4, 0.5) is 4.39 Å². The van der Waals surface area contributed by atoms with E-state index < -0.39 is 0 Å². The summed E-state index contributed by atoms with van der Waals surface area (Å²) in [4.78, 5) is 4.31. The van der Waals surface area contributed by atoms with Crippen LogP contribution in [0.1, 0.15) is 30.8 Å². The molecule has 1 aromatic heterocycles. The Morgan fingerprint density at radius 1 is 1.43 bits per heavy atom. The van der Waals surface area contributed by atoms with Crippen molar-refractivity contribution in [3.63, 3.8) is 0 Å². The lowest BCUT2D eigenvalue weighted by atomic mass is 10.0. The summed E-state index contributed by atoms with van der Waals surface area (Å²) in [6.45, 7) is 2.95. The topological polar surface area (TPSA) is 52.0 Å². The number of methoxy groups -OCH3 is 1. The lowest BCUT2D eigenvalue weighted by molar-refractivity contribution is 0.384. The van der Waals surface area contributed by atoms with Gasteiger partial charge in [0.2, 0.25) is 0 Å². The molecule has 6 heteroatoms. The molecule has 1 aromatic carbocycles. The zero-order valence-corrected chi connectivity index (χ0v) is 12.6. The Kier molecular flexibility index (Phi) is 5.27. The van der Waals surface area contributed by atoms with Crippen molar-refractivity contribution in [2.24, 2.45) is 0 Å². The van der Waals surface area contributed by atoms with Gasteiger partial charge in [0.15, 0.2) is 11.6 Å². The molecule has 0 fully saturated rings. The van der Waals surface area contributed by atoms with Gasteiger partial charge in [0.05, 0.1) is 7.11 Å². The fraction of sp³-hybridized carbons (Fsp3) is 0.467. The molecule has 0 saturated carbocycles. The second-order valence-corrected chi connectivity index (χ2v) is 4.84. The van der Waals surface area contributed by atoms with Crippen LogP contribution in [0, 0.1) is 5.82 Å². The first-order valence-electron chi connectivity index (χ1n) is 7.07. The maximum absolute atomic E-state index is 13.5. The van der Waals surface area contributed by atoms with Crippen molar-refractivity contribution < 1.29 is 9.13 Å². The summed E-state index contributed by atoms with van der Waals surface area (Å²) in [7, 11) is 3.34. The number of nitrogens with one attached hydrogen (secondary N) is 1. The Balaban J connectivity index is 2.21. The van der Waals surface area contributed by atoms with E-state index in [9.17, 15) is 4.39 Å². The van der Waals surface area contributed by atoms with Gasteiger partial charge >= 0.3 is 0 Å². The lowest BCUT2D eigenvalue weighted by Gasteiger charge is -2.17. The second kappa shape index (κ2) is 7.17. The largest absolute Gasteiger partial charge is 0.494 e. The highest BCUT2D eigenvalue weighted by Crippen LogP contribution is 2.24. The van der Waals surface area contributed by atoms with Crippen molar-refractivity contribution in [1.82, 2.24) is 20.1 Å². The molecular weight excluding hydrogens is 271 g/mol. The maximum Gasteiger partial charge on any atom is 0.165 e. The molecule has 5 nitrogen and oxygen atoms in total. The molecule has 2 rings (SSSR count). The van der Waals surface area contributed by atoms with E-state index in [1.165, 1.54) is 13.2 Å². The smallest absolute Gasteiger partial charge is 0.165 e. The van der Waals surface area contributed by atoms with Crippen molar-refractivity contribution in [2.45, 2.75) is 32.4 Å². The van der Waals surface area contributed by atoms with Gasteiger partial charge in [0, 0.05) is 19.0 Å². The fourth-order valence-corrected chi connectivity index (χ4v) is 2.31. The van der Waals surface area contributed by atoms with Crippen LogP contribution in [-0.2, 0) is 13.0 Å². The van der Waals surface area contributed by atoms with Gasteiger partial charge in [0.25, 0.3) is 0 Å². The molecule has 0 bridgehead atoms. The molecule has 1 heterocycles. The summed E-state index contributed by atoms with van der Waals surface area (Å²) in [5.41, 5.74) is 0.960. The molecule has 0 radical (unpaired) electrons. The zero-order chi connectivity index (χ0) is 15.2. The number of ether oxygens (including phenoxy) is 1. The fourth-order valence-electron chi connectivity index (χ4n) is 2.31. The minimum absolute atomic E-state index is 0.0271. The minimum Gasteiger partial charge on any atom is -0.494 e. The van der Waals surface area contributed by atoms with Gasteiger partial charge < -0.3 is 10.1 Å². The molecule has 21 heavy (non-hydrogen) atoms. The molecule has 0 saturated heterocycles. The average Bonchev–Trinajstić information content (AvgIpc) is 2.93. The third-order valence-corrected chi connectivity index (χ3v) is 3.44. The van der Waals surface area contributed by atoms with E-state index in [0.717, 1.165) is 24.4 Å². The van der Waals surface area contributed by atoms with E-state index >= 15 is 0 Å². The second-order valence-electron chi connectivity index (χ2n) is 4.84. The van der Waals surface area contributed by atoms with Crippen LogP contribution >= 0.6 is 0 Å². The number of likely N-dealkylation sites (N-methyl/N-ethyl adjacent to an activating group) is 1. The molecular formula is C15H21FN4O. The highest BCUT2D eigenvalue weighted by Gasteiger charge is 2.16. The molecule has 0 amide bonds. The van der Waals surface area contributed by atoms with Crippen molar-refractivity contribution in [2.75, 3.05) is 14.2 Å². The molecule has 114 valence electrons. The van der Waals surface area contributed by atoms with Crippen molar-refractivity contribution in [1.29, 1.82) is 0 Å². The number of hydrogen-bond acceptors (Lipinski definition) is 4. The molecule has 0 aliphatic carbocycles. The van der Waals surface area contributed by atoms with Gasteiger partial charge in [-0.1, -0.05) is 13.0 Å². The predicted molar refractivity (Wildman–Crippen MR) is 78.8 cm³/mol. The third-order valence-electron chi connectivity index (χ3n) is 3.44. The lowest BCUT2D eigenvalue weighted by Crippen LogP contribution is -2.21. The van der Waals surface area contributed by atoms with Crippen LogP contribution in [0.2, 0.25) is 0 Å². The molecule has 1 unspecified atom stereocenters. The summed E-state index contributed by atoms with van der Waals surface area (Å²) in [6.07, 6.45) is 3.26. The van der Waals surface area contributed by atoms with Crippen LogP contribution in [0.25, 0.3) is 0 Å². The van der Waals surface area contributed by atoms with Crippen LogP contribution in [0.3, 0.4) is 0 Å². The molecule has 0 spiro atoms. The Labute approximate surface area is 124 Å². The number of nitrogens with zero attached hydrogens (tertiary/aromatic N) is 3. The number of aryl methyl sites for hydroxylation is 1. The van der Waals surface area contributed by atoms with Crippen molar-refractivity contribution in [3.8, 4) is 5.75 Å². The zero-order valence-electron chi connectivity index (χ0n) is 12.6. The summed E-state index contributed by atoms with van der Waals surface area (Å²) in [6, 6.07) is 4.94. The molecule has 0 aliphatic rings. The number of halogens is 1. The van der Waals surface area contributed by atoms with E-state index in [2.05, 4.69) is 22.3 Å². The molecule has 0 aliphatic heterocycles. The van der Waals surface area contributed by atoms with Gasteiger partial charge in [0.1, 0.15) is 12.2 Å². The average molecular weight is 292 g/mol. The normalized spacial score (nSPS) is 12.4. The monoisotopic (exact) mass is 292 g/mol. The summed E-state index contributed by atoms with van der Waals surface area (Å²) in [5, 5.41) is 7.47. The van der Waals surface area contributed by atoms with Crippen LogP contribution in [0.15, 0.2) is 24.5 Å². The molecule has 1 N–H and O–H groups in total. The highest BCUT2D eigenvalue weighted by atomic mass is 19.1. The number of aromatic nitrogens is 3. The van der Waals surface area contributed by atoms with Crippen LogP contribution in [-0.4, -0.2) is 28.9 Å². The minimum atomic E-state index is -0.356. The van der Waals surface area contributed by atoms with Crippen molar-refractivity contribution in [3.05, 3.63) is 41.7 Å². The number of rotatable bonds is 7. The van der Waals surface area contributed by atoms with Gasteiger partial charge in [-0.25, -0.2) is 9.37 Å². The number of hydrogen-bond donors (Lipinski definition) is 1. The van der Waals surface area contributed by atoms with Gasteiger partial charge in [-0.3, -0.25) is 4.68 Å².